The Morgan fingerprint density at radius 1 is 1.28 bits per heavy atom. The number of hydrogen-bond donors (Lipinski definition) is 1. The molecule has 1 aliphatic rings. The Balaban J connectivity index is 2.02. The summed E-state index contributed by atoms with van der Waals surface area (Å²) in [6.45, 7) is 8.48. The largest absolute Gasteiger partial charge is 0.356 e. The van der Waals surface area contributed by atoms with E-state index in [0.717, 1.165) is 24.2 Å². The fourth-order valence-electron chi connectivity index (χ4n) is 3.21. The van der Waals surface area contributed by atoms with Gasteiger partial charge in [-0.1, -0.05) is 39.0 Å². The molecule has 0 saturated carbocycles. The molecule has 0 aromatic heterocycles. The molecular formula is C20H31N3O2. The van der Waals surface area contributed by atoms with Crippen molar-refractivity contribution in [2.45, 2.75) is 39.0 Å². The molecule has 1 aliphatic heterocycles. The minimum atomic E-state index is -0.264. The average Bonchev–Trinajstić information content (AvgIpc) is 2.92. The molecule has 0 radical (unpaired) electrons. The molecule has 1 fully saturated rings. The molecule has 1 N–H and O–H groups in total. The van der Waals surface area contributed by atoms with Crippen molar-refractivity contribution in [3.05, 3.63) is 29.8 Å². The number of para-hydroxylation sites is 1. The van der Waals surface area contributed by atoms with Gasteiger partial charge in [0.1, 0.15) is 0 Å². The molecule has 0 bridgehead atoms. The molecule has 1 aromatic rings. The second-order valence-corrected chi connectivity index (χ2v) is 8.12. The quantitative estimate of drug-likeness (QED) is 0.806. The van der Waals surface area contributed by atoms with E-state index in [2.05, 4.69) is 37.1 Å². The topological polar surface area (TPSA) is 52.7 Å². The van der Waals surface area contributed by atoms with E-state index in [9.17, 15) is 9.59 Å². The Hall–Kier alpha value is -1.88. The number of benzene rings is 1. The van der Waals surface area contributed by atoms with Gasteiger partial charge in [-0.05, 0) is 44.1 Å². The lowest BCUT2D eigenvalue weighted by molar-refractivity contribution is -0.126. The highest BCUT2D eigenvalue weighted by molar-refractivity contribution is 6.01. The monoisotopic (exact) mass is 345 g/mol. The Labute approximate surface area is 151 Å². The van der Waals surface area contributed by atoms with Crippen molar-refractivity contribution in [2.75, 3.05) is 38.6 Å². The summed E-state index contributed by atoms with van der Waals surface area (Å²) in [6, 6.07) is 8.00. The molecule has 1 unspecified atom stereocenters. The molecule has 5 heteroatoms. The highest BCUT2D eigenvalue weighted by Crippen LogP contribution is 2.35. The predicted molar refractivity (Wildman–Crippen MR) is 102 cm³/mol. The van der Waals surface area contributed by atoms with Crippen LogP contribution in [0.5, 0.6) is 0 Å². The fraction of sp³-hybridized carbons (Fsp3) is 0.600. The predicted octanol–water partition coefficient (Wildman–Crippen LogP) is 2.40. The minimum absolute atomic E-state index is 0.0113. The van der Waals surface area contributed by atoms with Crippen LogP contribution in [0.1, 0.15) is 39.2 Å². The summed E-state index contributed by atoms with van der Waals surface area (Å²) in [5.41, 5.74) is 2.02. The summed E-state index contributed by atoms with van der Waals surface area (Å²) in [5.74, 6) is -0.243. The van der Waals surface area contributed by atoms with E-state index in [1.54, 1.807) is 4.90 Å². The van der Waals surface area contributed by atoms with Gasteiger partial charge in [-0.3, -0.25) is 9.59 Å². The first-order valence-electron chi connectivity index (χ1n) is 9.02. The van der Waals surface area contributed by atoms with Crippen molar-refractivity contribution in [1.29, 1.82) is 0 Å². The molecule has 1 atom stereocenters. The van der Waals surface area contributed by atoms with Gasteiger partial charge in [0, 0.05) is 25.2 Å². The van der Waals surface area contributed by atoms with Crippen LogP contribution in [0.2, 0.25) is 0 Å². The lowest BCUT2D eigenvalue weighted by Crippen LogP contribution is -2.34. The maximum Gasteiger partial charge on any atom is 0.227 e. The Kier molecular flexibility index (Phi) is 6.22. The molecule has 1 aromatic carbocycles. The van der Waals surface area contributed by atoms with Crippen molar-refractivity contribution in [2.24, 2.45) is 5.92 Å². The number of hydrogen-bond acceptors (Lipinski definition) is 3. The number of anilines is 1. The van der Waals surface area contributed by atoms with E-state index in [-0.39, 0.29) is 29.6 Å². The van der Waals surface area contributed by atoms with E-state index in [0.29, 0.717) is 13.1 Å². The SMILES string of the molecule is CN(C)CCCNC(=O)C1CC(=O)N(c2ccccc2C(C)(C)C)C1. The molecule has 2 amide bonds. The molecular weight excluding hydrogens is 314 g/mol. The summed E-state index contributed by atoms with van der Waals surface area (Å²) in [6.07, 6.45) is 1.20. The molecule has 0 spiro atoms. The first-order chi connectivity index (χ1) is 11.7. The van der Waals surface area contributed by atoms with E-state index < -0.39 is 0 Å². The Morgan fingerprint density at radius 3 is 2.60 bits per heavy atom. The molecule has 1 heterocycles. The van der Waals surface area contributed by atoms with Gasteiger partial charge in [0.25, 0.3) is 0 Å². The second-order valence-electron chi connectivity index (χ2n) is 8.12. The van der Waals surface area contributed by atoms with Gasteiger partial charge in [0.05, 0.1) is 5.92 Å². The first-order valence-corrected chi connectivity index (χ1v) is 9.02. The van der Waals surface area contributed by atoms with Crippen LogP contribution in [-0.2, 0) is 15.0 Å². The molecule has 25 heavy (non-hydrogen) atoms. The summed E-state index contributed by atoms with van der Waals surface area (Å²) in [5, 5.41) is 2.97. The Bertz CT molecular complexity index is 620. The van der Waals surface area contributed by atoms with E-state index >= 15 is 0 Å². The lowest BCUT2D eigenvalue weighted by Gasteiger charge is -2.27. The standard InChI is InChI=1S/C20H31N3O2/c1-20(2,3)16-9-6-7-10-17(16)23-14-15(13-18(23)24)19(25)21-11-8-12-22(4)5/h6-7,9-10,15H,8,11-14H2,1-5H3,(H,21,25). The number of nitrogens with one attached hydrogen (secondary N) is 1. The van der Waals surface area contributed by atoms with Gasteiger partial charge >= 0.3 is 0 Å². The van der Waals surface area contributed by atoms with Crippen molar-refractivity contribution >= 4 is 17.5 Å². The zero-order valence-electron chi connectivity index (χ0n) is 16.1. The molecule has 5 nitrogen and oxygen atoms in total. The lowest BCUT2D eigenvalue weighted by atomic mass is 9.85. The summed E-state index contributed by atoms with van der Waals surface area (Å²) in [4.78, 5) is 28.8. The van der Waals surface area contributed by atoms with E-state index in [4.69, 9.17) is 0 Å². The first kappa shape index (κ1) is 19.4. The van der Waals surface area contributed by atoms with Crippen LogP contribution in [0.3, 0.4) is 0 Å². The number of rotatable bonds is 6. The molecule has 2 rings (SSSR count). The number of nitrogens with zero attached hydrogens (tertiary/aromatic N) is 2. The van der Waals surface area contributed by atoms with Crippen molar-refractivity contribution in [3.63, 3.8) is 0 Å². The normalized spacial score (nSPS) is 18.1. The van der Waals surface area contributed by atoms with Crippen LogP contribution in [0.4, 0.5) is 5.69 Å². The highest BCUT2D eigenvalue weighted by Gasteiger charge is 2.36. The van der Waals surface area contributed by atoms with E-state index in [1.807, 2.05) is 32.3 Å². The van der Waals surface area contributed by atoms with Gasteiger partial charge in [0.2, 0.25) is 11.8 Å². The fourth-order valence-corrected chi connectivity index (χ4v) is 3.21. The number of amides is 2. The smallest absolute Gasteiger partial charge is 0.227 e. The molecule has 1 saturated heterocycles. The minimum Gasteiger partial charge on any atom is -0.356 e. The molecule has 0 aliphatic carbocycles. The highest BCUT2D eigenvalue weighted by atomic mass is 16.2. The zero-order valence-corrected chi connectivity index (χ0v) is 16.1. The van der Waals surface area contributed by atoms with E-state index in [1.165, 1.54) is 0 Å². The second kappa shape index (κ2) is 8.00. The third-order valence-corrected chi connectivity index (χ3v) is 4.58. The van der Waals surface area contributed by atoms with Gasteiger partial charge in [0.15, 0.2) is 0 Å². The maximum absolute atomic E-state index is 12.5. The van der Waals surface area contributed by atoms with Gasteiger partial charge in [-0.25, -0.2) is 0 Å². The van der Waals surface area contributed by atoms with Gasteiger partial charge in [-0.2, -0.15) is 0 Å². The molecule has 138 valence electrons. The van der Waals surface area contributed by atoms with Crippen LogP contribution in [-0.4, -0.2) is 50.4 Å². The number of carbonyl (C=O) groups excluding carboxylic acids is 2. The van der Waals surface area contributed by atoms with Crippen molar-refractivity contribution < 1.29 is 9.59 Å². The summed E-state index contributed by atoms with van der Waals surface area (Å²) >= 11 is 0. The van der Waals surface area contributed by atoms with Gasteiger partial charge in [-0.15, -0.1) is 0 Å². The van der Waals surface area contributed by atoms with Crippen LogP contribution in [0.25, 0.3) is 0 Å². The van der Waals surface area contributed by atoms with Crippen molar-refractivity contribution in [1.82, 2.24) is 10.2 Å². The third-order valence-electron chi connectivity index (χ3n) is 4.58. The van der Waals surface area contributed by atoms with Crippen LogP contribution in [0, 0.1) is 5.92 Å². The third kappa shape index (κ3) is 5.05. The zero-order chi connectivity index (χ0) is 18.6. The average molecular weight is 345 g/mol. The maximum atomic E-state index is 12.5. The summed E-state index contributed by atoms with van der Waals surface area (Å²) < 4.78 is 0. The van der Waals surface area contributed by atoms with Crippen LogP contribution >= 0.6 is 0 Å². The van der Waals surface area contributed by atoms with Crippen molar-refractivity contribution in [3.8, 4) is 0 Å². The Morgan fingerprint density at radius 2 is 1.96 bits per heavy atom. The summed E-state index contributed by atoms with van der Waals surface area (Å²) in [7, 11) is 4.03. The number of carbonyl (C=O) groups is 2. The van der Waals surface area contributed by atoms with Crippen LogP contribution in [0.15, 0.2) is 24.3 Å². The van der Waals surface area contributed by atoms with Crippen LogP contribution < -0.4 is 10.2 Å². The van der Waals surface area contributed by atoms with Gasteiger partial charge < -0.3 is 15.1 Å².